The Kier molecular flexibility index (Phi) is 4.35. The molecule has 1 aromatic heterocycles. The van der Waals surface area contributed by atoms with Gasteiger partial charge in [0.1, 0.15) is 11.3 Å². The minimum Gasteiger partial charge on any atom is -0.464 e. The summed E-state index contributed by atoms with van der Waals surface area (Å²) < 4.78 is 15.9. The van der Waals surface area contributed by atoms with Crippen LogP contribution in [-0.2, 0) is 11.2 Å². The number of furan rings is 1. The smallest absolute Gasteiger partial charge is 0.296 e. The summed E-state index contributed by atoms with van der Waals surface area (Å²) in [6, 6.07) is 4.43. The van der Waals surface area contributed by atoms with Crippen LogP contribution in [0.1, 0.15) is 16.7 Å². The number of hydrogen-bond acceptors (Lipinski definition) is 6. The number of hydrogen-bond donors (Lipinski definition) is 1. The highest BCUT2D eigenvalue weighted by Gasteiger charge is 2.25. The lowest BCUT2D eigenvalue weighted by Gasteiger charge is -2.08. The molecule has 3 aromatic rings. The van der Waals surface area contributed by atoms with E-state index in [1.807, 2.05) is 19.9 Å². The Balaban J connectivity index is 1.63. The summed E-state index contributed by atoms with van der Waals surface area (Å²) >= 11 is 6.32. The summed E-state index contributed by atoms with van der Waals surface area (Å²) in [7, 11) is 0. The number of aryl methyl sites for hydroxylation is 2. The predicted octanol–water partition coefficient (Wildman–Crippen LogP) is 4.52. The highest BCUT2D eigenvalue weighted by Crippen LogP contribution is 2.40. The number of halogens is 1. The molecule has 0 spiro atoms. The Labute approximate surface area is 164 Å². The Hall–Kier alpha value is -3.26. The molecule has 1 aliphatic rings. The van der Waals surface area contributed by atoms with Crippen LogP contribution in [-0.4, -0.2) is 17.6 Å². The Morgan fingerprint density at radius 3 is 2.68 bits per heavy atom. The molecule has 1 amide bonds. The van der Waals surface area contributed by atoms with Gasteiger partial charge in [-0.25, -0.2) is 0 Å². The fourth-order valence-corrected chi connectivity index (χ4v) is 3.44. The van der Waals surface area contributed by atoms with E-state index < -0.39 is 10.8 Å². The lowest BCUT2D eigenvalue weighted by atomic mass is 10.0. The van der Waals surface area contributed by atoms with Crippen LogP contribution in [0.2, 0.25) is 5.02 Å². The maximum Gasteiger partial charge on any atom is 0.296 e. The molecular weight excluding hydrogens is 388 g/mol. The van der Waals surface area contributed by atoms with E-state index in [1.165, 1.54) is 18.4 Å². The number of carbonyl (C=O) groups excluding carboxylic acids is 1. The second kappa shape index (κ2) is 6.72. The number of ether oxygens (including phenoxy) is 2. The van der Waals surface area contributed by atoms with Crippen LogP contribution >= 0.6 is 11.6 Å². The van der Waals surface area contributed by atoms with Gasteiger partial charge in [0.05, 0.1) is 23.7 Å². The number of nitro groups is 1. The zero-order chi connectivity index (χ0) is 20.0. The molecule has 9 heteroatoms. The van der Waals surface area contributed by atoms with Gasteiger partial charge in [-0.05, 0) is 31.0 Å². The van der Waals surface area contributed by atoms with E-state index in [-0.39, 0.29) is 30.3 Å². The Morgan fingerprint density at radius 1 is 1.25 bits per heavy atom. The van der Waals surface area contributed by atoms with E-state index in [2.05, 4.69) is 5.32 Å². The highest BCUT2D eigenvalue weighted by molar-refractivity contribution is 6.33. The van der Waals surface area contributed by atoms with Crippen molar-refractivity contribution in [3.05, 3.63) is 56.3 Å². The van der Waals surface area contributed by atoms with Gasteiger partial charge in [0, 0.05) is 22.0 Å². The lowest BCUT2D eigenvalue weighted by Crippen LogP contribution is -2.15. The summed E-state index contributed by atoms with van der Waals surface area (Å²) in [6.07, 6.45) is 1.47. The highest BCUT2D eigenvalue weighted by atomic mass is 35.5. The van der Waals surface area contributed by atoms with Crippen molar-refractivity contribution in [2.24, 2.45) is 0 Å². The van der Waals surface area contributed by atoms with Crippen molar-refractivity contribution in [3.8, 4) is 11.5 Å². The molecule has 2 heterocycles. The number of benzene rings is 2. The molecule has 0 atom stereocenters. The fraction of sp³-hybridized carbons (Fsp3) is 0.211. The van der Waals surface area contributed by atoms with Gasteiger partial charge in [0.15, 0.2) is 11.5 Å². The minimum absolute atomic E-state index is 0.0235. The molecule has 1 aliphatic heterocycles. The number of rotatable bonds is 4. The van der Waals surface area contributed by atoms with E-state index >= 15 is 0 Å². The molecule has 0 fully saturated rings. The van der Waals surface area contributed by atoms with Crippen molar-refractivity contribution in [2.75, 3.05) is 12.1 Å². The molecule has 0 aliphatic carbocycles. The van der Waals surface area contributed by atoms with E-state index in [0.717, 1.165) is 16.5 Å². The van der Waals surface area contributed by atoms with Gasteiger partial charge in [-0.1, -0.05) is 11.6 Å². The maximum atomic E-state index is 12.6. The summed E-state index contributed by atoms with van der Waals surface area (Å²) in [5, 5.41) is 15.3. The third-order valence-electron chi connectivity index (χ3n) is 4.61. The van der Waals surface area contributed by atoms with Gasteiger partial charge in [0.2, 0.25) is 12.7 Å². The fourth-order valence-electron chi connectivity index (χ4n) is 3.29. The molecule has 2 aromatic carbocycles. The van der Waals surface area contributed by atoms with Crippen molar-refractivity contribution < 1.29 is 23.6 Å². The molecule has 28 heavy (non-hydrogen) atoms. The molecule has 4 rings (SSSR count). The quantitative estimate of drug-likeness (QED) is 0.508. The van der Waals surface area contributed by atoms with Crippen LogP contribution in [0.4, 0.5) is 11.4 Å². The number of fused-ring (bicyclic) bond motifs is 2. The molecule has 0 saturated carbocycles. The van der Waals surface area contributed by atoms with Crippen LogP contribution < -0.4 is 14.8 Å². The van der Waals surface area contributed by atoms with Gasteiger partial charge in [-0.2, -0.15) is 0 Å². The van der Waals surface area contributed by atoms with Crippen LogP contribution in [0.5, 0.6) is 11.5 Å². The third kappa shape index (κ3) is 3.01. The molecule has 0 saturated heterocycles. The van der Waals surface area contributed by atoms with Gasteiger partial charge in [-0.3, -0.25) is 14.9 Å². The summed E-state index contributed by atoms with van der Waals surface area (Å²) in [4.78, 5) is 23.3. The van der Waals surface area contributed by atoms with Crippen molar-refractivity contribution >= 4 is 39.9 Å². The van der Waals surface area contributed by atoms with E-state index in [1.54, 1.807) is 0 Å². The van der Waals surface area contributed by atoms with Crippen molar-refractivity contribution in [1.82, 2.24) is 0 Å². The first-order valence-electron chi connectivity index (χ1n) is 8.39. The number of amides is 1. The summed E-state index contributed by atoms with van der Waals surface area (Å²) in [5.74, 6) is 0.180. The Bertz CT molecular complexity index is 1140. The number of nitro benzene ring substituents is 1. The molecule has 8 nitrogen and oxygen atoms in total. The number of anilines is 1. The first-order chi connectivity index (χ1) is 13.3. The summed E-state index contributed by atoms with van der Waals surface area (Å²) in [6.45, 7) is 3.71. The maximum absolute atomic E-state index is 12.6. The van der Waals surface area contributed by atoms with Gasteiger partial charge in [-0.15, -0.1) is 0 Å². The van der Waals surface area contributed by atoms with Gasteiger partial charge >= 0.3 is 0 Å². The average Bonchev–Trinajstić information content (AvgIpc) is 3.25. The van der Waals surface area contributed by atoms with Gasteiger partial charge in [0.25, 0.3) is 5.69 Å². The zero-order valence-corrected chi connectivity index (χ0v) is 15.8. The third-order valence-corrected chi connectivity index (χ3v) is 5.19. The monoisotopic (exact) mass is 402 g/mol. The van der Waals surface area contributed by atoms with Crippen LogP contribution in [0.15, 0.2) is 28.9 Å². The number of nitrogens with zero attached hydrogens (tertiary/aromatic N) is 1. The Morgan fingerprint density at radius 2 is 1.96 bits per heavy atom. The van der Waals surface area contributed by atoms with E-state index in [0.29, 0.717) is 21.9 Å². The first-order valence-corrected chi connectivity index (χ1v) is 8.76. The van der Waals surface area contributed by atoms with Crippen molar-refractivity contribution in [3.63, 3.8) is 0 Å². The second-order valence-electron chi connectivity index (χ2n) is 6.47. The van der Waals surface area contributed by atoms with E-state index in [4.69, 9.17) is 25.5 Å². The zero-order valence-electron chi connectivity index (χ0n) is 15.0. The molecule has 0 bridgehead atoms. The van der Waals surface area contributed by atoms with Crippen LogP contribution in [0.3, 0.4) is 0 Å². The molecule has 1 N–H and O–H groups in total. The molecule has 144 valence electrons. The lowest BCUT2D eigenvalue weighted by molar-refractivity contribution is -0.384. The predicted molar refractivity (Wildman–Crippen MR) is 102 cm³/mol. The standard InChI is InChI=1S/C19H15ClN2O6/c1-9-3-16-18(10(2)19(9)20)11(7-26-16)4-17(23)21-12-5-14-15(28-8-27-14)6-13(12)22(24)25/h3,5-7H,4,8H2,1-2H3,(H,21,23). The SMILES string of the molecule is Cc1cc2occ(CC(=O)Nc3cc4c(cc3[N+](=O)[O-])OCO4)c2c(C)c1Cl. The topological polar surface area (TPSA) is 104 Å². The number of nitrogens with one attached hydrogen (secondary N) is 1. The number of carbonyl (C=O) groups is 1. The van der Waals surface area contributed by atoms with Crippen molar-refractivity contribution in [2.45, 2.75) is 20.3 Å². The van der Waals surface area contributed by atoms with Crippen LogP contribution in [0.25, 0.3) is 11.0 Å². The largest absolute Gasteiger partial charge is 0.464 e. The normalized spacial score (nSPS) is 12.4. The van der Waals surface area contributed by atoms with E-state index in [9.17, 15) is 14.9 Å². The molecule has 0 radical (unpaired) electrons. The molecule has 0 unspecified atom stereocenters. The summed E-state index contributed by atoms with van der Waals surface area (Å²) in [5.41, 5.74) is 2.75. The molecular formula is C19H15ClN2O6. The first kappa shape index (κ1) is 18.1. The van der Waals surface area contributed by atoms with Crippen molar-refractivity contribution in [1.29, 1.82) is 0 Å². The second-order valence-corrected chi connectivity index (χ2v) is 6.85. The minimum atomic E-state index is -0.586. The van der Waals surface area contributed by atoms with Gasteiger partial charge < -0.3 is 19.2 Å². The van der Waals surface area contributed by atoms with Crippen LogP contribution in [0, 0.1) is 24.0 Å². The average molecular weight is 403 g/mol.